The van der Waals surface area contributed by atoms with Crippen molar-refractivity contribution < 1.29 is 8.78 Å². The summed E-state index contributed by atoms with van der Waals surface area (Å²) < 4.78 is 27.7. The fraction of sp³-hybridized carbons (Fsp3) is 0.462. The average Bonchev–Trinajstić information content (AvgIpc) is 2.74. The monoisotopic (exact) mass is 380 g/mol. The lowest BCUT2D eigenvalue weighted by molar-refractivity contribution is 0.185. The van der Waals surface area contributed by atoms with Crippen LogP contribution in [0.1, 0.15) is 56.1 Å². The van der Waals surface area contributed by atoms with E-state index in [1.54, 1.807) is 12.1 Å². The van der Waals surface area contributed by atoms with Crippen molar-refractivity contribution in [1.82, 2.24) is 0 Å². The molecule has 4 rings (SSSR count). The molecule has 0 saturated heterocycles. The van der Waals surface area contributed by atoms with Gasteiger partial charge in [-0.1, -0.05) is 49.2 Å². The molecule has 1 fully saturated rings. The summed E-state index contributed by atoms with van der Waals surface area (Å²) >= 11 is 0. The van der Waals surface area contributed by atoms with Crippen LogP contribution in [0.3, 0.4) is 0 Å². The van der Waals surface area contributed by atoms with Crippen LogP contribution < -0.4 is 0 Å². The largest absolute Gasteiger partial charge is 0.204 e. The Morgan fingerprint density at radius 2 is 1.75 bits per heavy atom. The predicted octanol–water partition coefficient (Wildman–Crippen LogP) is 7.51. The van der Waals surface area contributed by atoms with Crippen molar-refractivity contribution in [2.75, 3.05) is 0 Å². The number of allylic oxidation sites excluding steroid dienone is 1. The van der Waals surface area contributed by atoms with Crippen molar-refractivity contribution in [2.45, 2.75) is 57.8 Å². The van der Waals surface area contributed by atoms with Crippen LogP contribution in [0, 0.1) is 29.4 Å². The lowest BCUT2D eigenvalue weighted by atomic mass is 9.69. The SMILES string of the molecule is C=CCCC1CCC(C2CCc3cc(-c4cccc(F)c4F)ccc3C2)CC1. The second-order valence-corrected chi connectivity index (χ2v) is 8.73. The zero-order valence-corrected chi connectivity index (χ0v) is 16.6. The summed E-state index contributed by atoms with van der Waals surface area (Å²) in [5, 5.41) is 0. The van der Waals surface area contributed by atoms with Gasteiger partial charge in [0.1, 0.15) is 0 Å². The first-order chi connectivity index (χ1) is 13.7. The Balaban J connectivity index is 1.43. The smallest absolute Gasteiger partial charge is 0.166 e. The summed E-state index contributed by atoms with van der Waals surface area (Å²) in [4.78, 5) is 0. The van der Waals surface area contributed by atoms with Gasteiger partial charge in [0.2, 0.25) is 0 Å². The van der Waals surface area contributed by atoms with Gasteiger partial charge in [-0.05, 0) is 85.5 Å². The fourth-order valence-corrected chi connectivity index (χ4v) is 5.38. The number of fused-ring (bicyclic) bond motifs is 1. The highest BCUT2D eigenvalue weighted by molar-refractivity contribution is 5.66. The lowest BCUT2D eigenvalue weighted by Gasteiger charge is -2.36. The molecule has 0 amide bonds. The Morgan fingerprint density at radius 3 is 2.54 bits per heavy atom. The molecular weight excluding hydrogens is 350 g/mol. The van der Waals surface area contributed by atoms with Crippen LogP contribution in [0.15, 0.2) is 49.1 Å². The van der Waals surface area contributed by atoms with Crippen LogP contribution in [0.25, 0.3) is 11.1 Å². The van der Waals surface area contributed by atoms with Crippen LogP contribution in [-0.4, -0.2) is 0 Å². The highest BCUT2D eigenvalue weighted by Gasteiger charge is 2.30. The molecule has 0 bridgehead atoms. The lowest BCUT2D eigenvalue weighted by Crippen LogP contribution is -2.26. The third-order valence-electron chi connectivity index (χ3n) is 7.07. The van der Waals surface area contributed by atoms with Crippen LogP contribution in [0.2, 0.25) is 0 Å². The maximum Gasteiger partial charge on any atom is 0.166 e. The normalized spacial score (nSPS) is 24.6. The highest BCUT2D eigenvalue weighted by Crippen LogP contribution is 2.41. The van der Waals surface area contributed by atoms with Crippen LogP contribution >= 0.6 is 0 Å². The van der Waals surface area contributed by atoms with Gasteiger partial charge in [-0.2, -0.15) is 0 Å². The fourth-order valence-electron chi connectivity index (χ4n) is 5.38. The zero-order valence-electron chi connectivity index (χ0n) is 16.6. The zero-order chi connectivity index (χ0) is 19.5. The van der Waals surface area contributed by atoms with E-state index in [0.717, 1.165) is 42.6 Å². The van der Waals surface area contributed by atoms with Crippen molar-refractivity contribution >= 4 is 0 Å². The van der Waals surface area contributed by atoms with Gasteiger partial charge in [-0.25, -0.2) is 8.78 Å². The second kappa shape index (κ2) is 8.59. The standard InChI is InChI=1S/C26H30F2/c1-2-3-5-18-8-10-19(11-9-18)20-12-13-22-17-23(15-14-21(22)16-20)24-6-4-7-25(27)26(24)28/h2,4,6-7,14-15,17-20H,1,3,5,8-13,16H2. The minimum Gasteiger partial charge on any atom is -0.204 e. The van der Waals surface area contributed by atoms with E-state index in [2.05, 4.69) is 18.7 Å². The van der Waals surface area contributed by atoms with E-state index in [0.29, 0.717) is 5.56 Å². The first kappa shape index (κ1) is 19.4. The third-order valence-corrected chi connectivity index (χ3v) is 7.07. The summed E-state index contributed by atoms with van der Waals surface area (Å²) in [5.74, 6) is 1.01. The van der Waals surface area contributed by atoms with Gasteiger partial charge in [0.25, 0.3) is 0 Å². The Morgan fingerprint density at radius 1 is 0.929 bits per heavy atom. The number of rotatable bonds is 5. The van der Waals surface area contributed by atoms with Gasteiger partial charge < -0.3 is 0 Å². The Kier molecular flexibility index (Phi) is 5.94. The van der Waals surface area contributed by atoms with Gasteiger partial charge in [0, 0.05) is 5.56 Å². The molecule has 148 valence electrons. The van der Waals surface area contributed by atoms with Crippen molar-refractivity contribution in [1.29, 1.82) is 0 Å². The quantitative estimate of drug-likeness (QED) is 0.471. The molecule has 0 spiro atoms. The molecule has 2 heteroatoms. The minimum atomic E-state index is -0.779. The molecular formula is C26H30F2. The summed E-state index contributed by atoms with van der Waals surface area (Å²) in [6.07, 6.45) is 13.4. The number of hydrogen-bond donors (Lipinski definition) is 0. The first-order valence-corrected chi connectivity index (χ1v) is 10.8. The molecule has 1 atom stereocenters. The molecule has 1 unspecified atom stereocenters. The van der Waals surface area contributed by atoms with Gasteiger partial charge in [0.05, 0.1) is 0 Å². The topological polar surface area (TPSA) is 0 Å². The maximum atomic E-state index is 14.2. The maximum absolute atomic E-state index is 14.2. The molecule has 2 aromatic carbocycles. The average molecular weight is 381 g/mol. The minimum absolute atomic E-state index is 0.364. The molecule has 0 aromatic heterocycles. The van der Waals surface area contributed by atoms with Crippen molar-refractivity contribution in [2.24, 2.45) is 17.8 Å². The molecule has 0 heterocycles. The molecule has 2 aliphatic carbocycles. The highest BCUT2D eigenvalue weighted by atomic mass is 19.2. The number of aryl methyl sites for hydroxylation is 1. The Hall–Kier alpha value is -1.96. The third kappa shape index (κ3) is 4.06. The van der Waals surface area contributed by atoms with Crippen molar-refractivity contribution in [3.8, 4) is 11.1 Å². The molecule has 1 saturated carbocycles. The molecule has 28 heavy (non-hydrogen) atoms. The molecule has 0 N–H and O–H groups in total. The number of benzene rings is 2. The number of halogens is 2. The van der Waals surface area contributed by atoms with Gasteiger partial charge in [-0.3, -0.25) is 0 Å². The Bertz CT molecular complexity index is 830. The summed E-state index contributed by atoms with van der Waals surface area (Å²) in [6.45, 7) is 3.85. The van der Waals surface area contributed by atoms with Gasteiger partial charge >= 0.3 is 0 Å². The molecule has 2 aromatic rings. The van der Waals surface area contributed by atoms with Crippen molar-refractivity contribution in [3.63, 3.8) is 0 Å². The Labute approximate surface area is 167 Å². The van der Waals surface area contributed by atoms with Crippen LogP contribution in [-0.2, 0) is 12.8 Å². The molecule has 0 aliphatic heterocycles. The molecule has 2 aliphatic rings. The predicted molar refractivity (Wildman–Crippen MR) is 112 cm³/mol. The summed E-state index contributed by atoms with van der Waals surface area (Å²) in [5.41, 5.74) is 3.88. The summed E-state index contributed by atoms with van der Waals surface area (Å²) in [7, 11) is 0. The van der Waals surface area contributed by atoms with Crippen molar-refractivity contribution in [3.05, 3.63) is 71.8 Å². The van der Waals surface area contributed by atoms with E-state index in [1.165, 1.54) is 55.7 Å². The van der Waals surface area contributed by atoms with E-state index in [-0.39, 0.29) is 0 Å². The van der Waals surface area contributed by atoms with E-state index < -0.39 is 11.6 Å². The van der Waals surface area contributed by atoms with Gasteiger partial charge in [-0.15, -0.1) is 6.58 Å². The number of hydrogen-bond acceptors (Lipinski definition) is 0. The van der Waals surface area contributed by atoms with E-state index >= 15 is 0 Å². The van der Waals surface area contributed by atoms with Crippen LogP contribution in [0.4, 0.5) is 8.78 Å². The molecule has 0 nitrogen and oxygen atoms in total. The molecule has 0 radical (unpaired) electrons. The van der Waals surface area contributed by atoms with E-state index in [1.807, 2.05) is 12.1 Å². The van der Waals surface area contributed by atoms with E-state index in [4.69, 9.17) is 0 Å². The summed E-state index contributed by atoms with van der Waals surface area (Å²) in [6, 6.07) is 10.6. The van der Waals surface area contributed by atoms with Gasteiger partial charge in [0.15, 0.2) is 11.6 Å². The van der Waals surface area contributed by atoms with E-state index in [9.17, 15) is 8.78 Å². The first-order valence-electron chi connectivity index (χ1n) is 10.8. The van der Waals surface area contributed by atoms with Crippen LogP contribution in [0.5, 0.6) is 0 Å². The second-order valence-electron chi connectivity index (χ2n) is 8.73.